The first-order valence-corrected chi connectivity index (χ1v) is 6.77. The Labute approximate surface area is 118 Å². The van der Waals surface area contributed by atoms with E-state index in [-0.39, 0.29) is 23.7 Å². The van der Waals surface area contributed by atoms with Crippen molar-refractivity contribution in [3.8, 4) is 0 Å². The molecule has 0 aromatic heterocycles. The van der Waals surface area contributed by atoms with Gasteiger partial charge in [-0.2, -0.15) is 0 Å². The lowest BCUT2D eigenvalue weighted by atomic mass is 9.82. The second kappa shape index (κ2) is 4.92. The van der Waals surface area contributed by atoms with E-state index in [1.165, 1.54) is 6.07 Å². The minimum atomic E-state index is -0.919. The van der Waals surface area contributed by atoms with Crippen molar-refractivity contribution in [3.05, 3.63) is 35.4 Å². The van der Waals surface area contributed by atoms with Crippen LogP contribution in [0.3, 0.4) is 0 Å². The van der Waals surface area contributed by atoms with E-state index in [0.29, 0.717) is 12.0 Å². The minimum Gasteiger partial charge on any atom is -0.369 e. The molecule has 0 bridgehead atoms. The monoisotopic (exact) mass is 282 g/mol. The van der Waals surface area contributed by atoms with Crippen molar-refractivity contribution in [1.29, 1.82) is 0 Å². The molecule has 1 unspecified atom stereocenters. The summed E-state index contributed by atoms with van der Waals surface area (Å²) < 4.78 is 31.9. The highest BCUT2D eigenvalue weighted by Gasteiger charge is 2.48. The van der Waals surface area contributed by atoms with Crippen LogP contribution in [0, 0.1) is 17.6 Å². The Morgan fingerprint density at radius 2 is 1.90 bits per heavy atom. The van der Waals surface area contributed by atoms with Gasteiger partial charge in [-0.15, -0.1) is 0 Å². The molecule has 1 aliphatic rings. The van der Waals surface area contributed by atoms with Crippen molar-refractivity contribution in [2.45, 2.75) is 51.7 Å². The quantitative estimate of drug-likeness (QED) is 0.845. The van der Waals surface area contributed by atoms with E-state index in [9.17, 15) is 13.6 Å². The zero-order valence-electron chi connectivity index (χ0n) is 12.3. The predicted molar refractivity (Wildman–Crippen MR) is 72.4 cm³/mol. The van der Waals surface area contributed by atoms with E-state index in [0.717, 1.165) is 12.1 Å². The van der Waals surface area contributed by atoms with Gasteiger partial charge < -0.3 is 4.74 Å². The van der Waals surface area contributed by atoms with Crippen LogP contribution in [0.1, 0.15) is 39.7 Å². The van der Waals surface area contributed by atoms with Crippen LogP contribution in [0.15, 0.2) is 18.2 Å². The molecule has 20 heavy (non-hydrogen) atoms. The maximum atomic E-state index is 13.2. The highest BCUT2D eigenvalue weighted by molar-refractivity contribution is 5.84. The van der Waals surface area contributed by atoms with Crippen LogP contribution in [-0.4, -0.2) is 17.0 Å². The lowest BCUT2D eigenvalue weighted by Gasteiger charge is -2.26. The number of ether oxygens (including phenoxy) is 1. The van der Waals surface area contributed by atoms with Crippen molar-refractivity contribution < 1.29 is 18.3 Å². The van der Waals surface area contributed by atoms with Gasteiger partial charge in [-0.25, -0.2) is 8.78 Å². The maximum absolute atomic E-state index is 13.2. The van der Waals surface area contributed by atoms with Crippen LogP contribution in [0.25, 0.3) is 0 Å². The average molecular weight is 282 g/mol. The van der Waals surface area contributed by atoms with Gasteiger partial charge in [0.05, 0.1) is 11.2 Å². The van der Waals surface area contributed by atoms with Gasteiger partial charge in [-0.1, -0.05) is 6.07 Å². The third kappa shape index (κ3) is 3.06. The zero-order valence-corrected chi connectivity index (χ0v) is 12.3. The van der Waals surface area contributed by atoms with Crippen molar-refractivity contribution in [2.24, 2.45) is 5.92 Å². The van der Waals surface area contributed by atoms with Gasteiger partial charge in [-0.3, -0.25) is 4.79 Å². The lowest BCUT2D eigenvalue weighted by molar-refractivity contribution is -0.128. The van der Waals surface area contributed by atoms with E-state index in [4.69, 9.17) is 4.74 Å². The molecule has 0 saturated carbocycles. The Balaban J connectivity index is 2.14. The summed E-state index contributed by atoms with van der Waals surface area (Å²) in [5.74, 6) is -2.04. The number of benzene rings is 1. The van der Waals surface area contributed by atoms with Gasteiger partial charge in [0.1, 0.15) is 5.78 Å². The molecule has 1 aromatic carbocycles. The molecule has 110 valence electrons. The molecule has 4 heteroatoms. The van der Waals surface area contributed by atoms with Gasteiger partial charge in [0, 0.05) is 12.3 Å². The smallest absolute Gasteiger partial charge is 0.159 e. The lowest BCUT2D eigenvalue weighted by Crippen LogP contribution is -2.34. The van der Waals surface area contributed by atoms with Crippen LogP contribution in [-0.2, 0) is 16.0 Å². The Bertz CT molecular complexity index is 535. The van der Waals surface area contributed by atoms with Crippen LogP contribution in [0.5, 0.6) is 0 Å². The Kier molecular flexibility index (Phi) is 3.71. The number of carbonyl (C=O) groups excluding carboxylic acids is 1. The number of hydrogen-bond acceptors (Lipinski definition) is 2. The molecule has 1 heterocycles. The Morgan fingerprint density at radius 3 is 2.40 bits per heavy atom. The topological polar surface area (TPSA) is 26.3 Å². The van der Waals surface area contributed by atoms with E-state index < -0.39 is 17.2 Å². The Morgan fingerprint density at radius 1 is 1.25 bits per heavy atom. The highest BCUT2D eigenvalue weighted by atomic mass is 19.2. The first-order valence-electron chi connectivity index (χ1n) is 6.77. The van der Waals surface area contributed by atoms with E-state index >= 15 is 0 Å². The minimum absolute atomic E-state index is 0.00610. The normalized spacial score (nSPS) is 23.8. The average Bonchev–Trinajstić information content (AvgIpc) is 2.52. The molecular weight excluding hydrogens is 262 g/mol. The van der Waals surface area contributed by atoms with Crippen LogP contribution in [0.4, 0.5) is 8.78 Å². The maximum Gasteiger partial charge on any atom is 0.159 e. The number of carbonyl (C=O) groups is 1. The van der Waals surface area contributed by atoms with Gasteiger partial charge >= 0.3 is 0 Å². The third-order valence-corrected chi connectivity index (χ3v) is 3.83. The summed E-state index contributed by atoms with van der Waals surface area (Å²) >= 11 is 0. The molecule has 0 spiro atoms. The second-order valence-corrected chi connectivity index (χ2v) is 6.61. The van der Waals surface area contributed by atoms with E-state index in [1.807, 2.05) is 27.7 Å². The molecule has 1 aliphatic heterocycles. The molecular formula is C16H20F2O2. The van der Waals surface area contributed by atoms with Crippen molar-refractivity contribution in [1.82, 2.24) is 0 Å². The first-order chi connectivity index (χ1) is 9.11. The van der Waals surface area contributed by atoms with Crippen LogP contribution < -0.4 is 0 Å². The molecule has 0 amide bonds. The standard InChI is InChI=1S/C16H20F2O2/c1-15(2)9-11(16(3,4)20-15)14(19)8-10-5-6-12(17)13(18)7-10/h5-7,11H,8-9H2,1-4H3. The van der Waals surface area contributed by atoms with Gasteiger partial charge in [0.25, 0.3) is 0 Å². The Hall–Kier alpha value is -1.29. The third-order valence-electron chi connectivity index (χ3n) is 3.83. The number of halogens is 2. The van der Waals surface area contributed by atoms with Gasteiger partial charge in [-0.05, 0) is 51.8 Å². The number of Topliss-reactive ketones (excluding diaryl/α,β-unsaturated/α-hetero) is 1. The molecule has 0 radical (unpaired) electrons. The van der Waals surface area contributed by atoms with E-state index in [1.54, 1.807) is 0 Å². The SMILES string of the molecule is CC1(C)CC(C(=O)Cc2ccc(F)c(F)c2)C(C)(C)O1. The molecule has 0 aliphatic carbocycles. The predicted octanol–water partition coefficient (Wildman–Crippen LogP) is 3.67. The van der Waals surface area contributed by atoms with Crippen molar-refractivity contribution >= 4 is 5.78 Å². The summed E-state index contributed by atoms with van der Waals surface area (Å²) in [6.45, 7) is 7.71. The van der Waals surface area contributed by atoms with E-state index in [2.05, 4.69) is 0 Å². The fourth-order valence-corrected chi connectivity index (χ4v) is 3.04. The molecule has 1 atom stereocenters. The molecule has 1 saturated heterocycles. The number of hydrogen-bond donors (Lipinski definition) is 0. The fourth-order valence-electron chi connectivity index (χ4n) is 3.04. The zero-order chi connectivity index (χ0) is 15.1. The molecule has 1 aromatic rings. The van der Waals surface area contributed by atoms with Crippen molar-refractivity contribution in [3.63, 3.8) is 0 Å². The summed E-state index contributed by atoms with van der Waals surface area (Å²) in [5, 5.41) is 0. The fraction of sp³-hybridized carbons (Fsp3) is 0.562. The largest absolute Gasteiger partial charge is 0.369 e. The van der Waals surface area contributed by atoms with Crippen molar-refractivity contribution in [2.75, 3.05) is 0 Å². The summed E-state index contributed by atoms with van der Waals surface area (Å²) in [5.41, 5.74) is -0.369. The van der Waals surface area contributed by atoms with Gasteiger partial charge in [0.15, 0.2) is 11.6 Å². The van der Waals surface area contributed by atoms with Crippen LogP contribution in [0.2, 0.25) is 0 Å². The molecule has 2 rings (SSSR count). The second-order valence-electron chi connectivity index (χ2n) is 6.61. The summed E-state index contributed by atoms with van der Waals surface area (Å²) in [7, 11) is 0. The van der Waals surface area contributed by atoms with Gasteiger partial charge in [0.2, 0.25) is 0 Å². The van der Waals surface area contributed by atoms with Crippen LogP contribution >= 0.6 is 0 Å². The molecule has 0 N–H and O–H groups in total. The summed E-state index contributed by atoms with van der Waals surface area (Å²) in [6.07, 6.45) is 0.743. The first kappa shape index (κ1) is 15.1. The summed E-state index contributed by atoms with van der Waals surface area (Å²) in [4.78, 5) is 12.4. The number of rotatable bonds is 3. The molecule has 2 nitrogen and oxygen atoms in total. The molecule has 1 fully saturated rings. The summed E-state index contributed by atoms with van der Waals surface area (Å²) in [6, 6.07) is 3.59. The highest BCUT2D eigenvalue weighted by Crippen LogP contribution is 2.42. The number of ketones is 1.